The van der Waals surface area contributed by atoms with Crippen molar-refractivity contribution in [2.75, 3.05) is 6.54 Å². The molecule has 17 heavy (non-hydrogen) atoms. The second kappa shape index (κ2) is 4.08. The number of pyridine rings is 1. The van der Waals surface area contributed by atoms with E-state index < -0.39 is 0 Å². The number of benzene rings is 1. The first-order chi connectivity index (χ1) is 7.94. The third-order valence-corrected chi connectivity index (χ3v) is 3.18. The molecule has 0 amide bonds. The number of aromatic nitrogens is 1. The molecule has 0 fully saturated rings. The van der Waals surface area contributed by atoms with Crippen LogP contribution in [0.15, 0.2) is 24.3 Å². The summed E-state index contributed by atoms with van der Waals surface area (Å²) in [6, 6.07) is 6.74. The molecule has 0 bridgehead atoms. The molecule has 0 radical (unpaired) electrons. The van der Waals surface area contributed by atoms with Gasteiger partial charge in [0.15, 0.2) is 0 Å². The first kappa shape index (κ1) is 12.0. The average Bonchev–Trinajstić information content (AvgIpc) is 2.28. The number of nitrogens with two attached hydrogens (primary N) is 1. The summed E-state index contributed by atoms with van der Waals surface area (Å²) in [5.41, 5.74) is 8.27. The second-order valence-corrected chi connectivity index (χ2v) is 5.07. The number of hydrogen-bond donors (Lipinski definition) is 1. The Hall–Kier alpha value is -1.48. The summed E-state index contributed by atoms with van der Waals surface area (Å²) < 4.78 is 13.2. The van der Waals surface area contributed by atoms with Crippen LogP contribution in [0.5, 0.6) is 0 Å². The number of nitrogens with zero attached hydrogens (tertiary/aromatic N) is 1. The molecule has 1 aromatic carbocycles. The van der Waals surface area contributed by atoms with Crippen molar-refractivity contribution in [2.45, 2.75) is 26.2 Å². The Morgan fingerprint density at radius 2 is 2.00 bits per heavy atom. The largest absolute Gasteiger partial charge is 0.330 e. The third-order valence-electron chi connectivity index (χ3n) is 3.18. The first-order valence-electron chi connectivity index (χ1n) is 5.71. The van der Waals surface area contributed by atoms with E-state index in [1.165, 1.54) is 12.1 Å². The fourth-order valence-electron chi connectivity index (χ4n) is 1.83. The van der Waals surface area contributed by atoms with Gasteiger partial charge in [-0.2, -0.15) is 0 Å². The Morgan fingerprint density at radius 3 is 2.65 bits per heavy atom. The van der Waals surface area contributed by atoms with Crippen LogP contribution in [0.25, 0.3) is 10.9 Å². The Bertz CT molecular complexity index is 561. The molecule has 0 saturated heterocycles. The maximum atomic E-state index is 13.2. The van der Waals surface area contributed by atoms with E-state index in [1.54, 1.807) is 6.07 Å². The molecule has 1 heterocycles. The summed E-state index contributed by atoms with van der Waals surface area (Å²) in [4.78, 5) is 4.52. The zero-order chi connectivity index (χ0) is 12.6. The summed E-state index contributed by atoms with van der Waals surface area (Å²) in [6.07, 6.45) is 0. The van der Waals surface area contributed by atoms with Crippen molar-refractivity contribution in [3.8, 4) is 0 Å². The quantitative estimate of drug-likeness (QED) is 0.864. The highest BCUT2D eigenvalue weighted by Crippen LogP contribution is 2.25. The maximum Gasteiger partial charge on any atom is 0.125 e. The Morgan fingerprint density at radius 1 is 1.29 bits per heavy atom. The van der Waals surface area contributed by atoms with E-state index in [4.69, 9.17) is 5.73 Å². The van der Waals surface area contributed by atoms with Crippen molar-refractivity contribution >= 4 is 10.9 Å². The SMILES string of the molecule is Cc1cc(C(C)(C)CN)nc2cc(F)ccc12. The summed E-state index contributed by atoms with van der Waals surface area (Å²) in [7, 11) is 0. The van der Waals surface area contributed by atoms with E-state index >= 15 is 0 Å². The average molecular weight is 232 g/mol. The first-order valence-corrected chi connectivity index (χ1v) is 5.71. The summed E-state index contributed by atoms with van der Waals surface area (Å²) >= 11 is 0. The van der Waals surface area contributed by atoms with E-state index in [0.717, 1.165) is 16.6 Å². The van der Waals surface area contributed by atoms with Gasteiger partial charge in [0.25, 0.3) is 0 Å². The van der Waals surface area contributed by atoms with Crippen LogP contribution < -0.4 is 5.73 Å². The van der Waals surface area contributed by atoms with Crippen molar-refractivity contribution < 1.29 is 4.39 Å². The predicted octanol–water partition coefficient (Wildman–Crippen LogP) is 2.92. The Balaban J connectivity index is 2.70. The molecule has 2 rings (SSSR count). The van der Waals surface area contributed by atoms with E-state index in [0.29, 0.717) is 12.1 Å². The van der Waals surface area contributed by atoms with Crippen LogP contribution in [0, 0.1) is 12.7 Å². The van der Waals surface area contributed by atoms with Crippen LogP contribution >= 0.6 is 0 Å². The molecule has 0 unspecified atom stereocenters. The van der Waals surface area contributed by atoms with Gasteiger partial charge >= 0.3 is 0 Å². The van der Waals surface area contributed by atoms with E-state index in [1.807, 2.05) is 26.8 Å². The van der Waals surface area contributed by atoms with Crippen LogP contribution in [0.2, 0.25) is 0 Å². The minimum atomic E-state index is -0.257. The normalized spacial score (nSPS) is 12.1. The molecule has 2 aromatic rings. The van der Waals surface area contributed by atoms with Gasteiger partial charge in [0.1, 0.15) is 5.82 Å². The van der Waals surface area contributed by atoms with E-state index in [2.05, 4.69) is 4.98 Å². The highest BCUT2D eigenvalue weighted by molar-refractivity contribution is 5.82. The molecule has 2 N–H and O–H groups in total. The summed E-state index contributed by atoms with van der Waals surface area (Å²) in [5.74, 6) is -0.257. The molecular weight excluding hydrogens is 215 g/mol. The van der Waals surface area contributed by atoms with E-state index in [-0.39, 0.29) is 11.2 Å². The van der Waals surface area contributed by atoms with Gasteiger partial charge in [0, 0.05) is 29.1 Å². The standard InChI is InChI=1S/C14H17FN2/c1-9-6-13(14(2,3)8-16)17-12-7-10(15)4-5-11(9)12/h4-7H,8,16H2,1-3H3. The molecule has 0 spiro atoms. The lowest BCUT2D eigenvalue weighted by molar-refractivity contribution is 0.523. The zero-order valence-corrected chi connectivity index (χ0v) is 10.4. The number of hydrogen-bond acceptors (Lipinski definition) is 2. The molecule has 0 aliphatic carbocycles. The molecule has 0 atom stereocenters. The molecule has 2 nitrogen and oxygen atoms in total. The van der Waals surface area contributed by atoms with Crippen LogP contribution in [-0.2, 0) is 5.41 Å². The highest BCUT2D eigenvalue weighted by atomic mass is 19.1. The van der Waals surface area contributed by atoms with Gasteiger partial charge in [0.2, 0.25) is 0 Å². The summed E-state index contributed by atoms with van der Waals surface area (Å²) in [5, 5.41) is 0.989. The highest BCUT2D eigenvalue weighted by Gasteiger charge is 2.21. The Labute approximate surface area is 101 Å². The van der Waals surface area contributed by atoms with Crippen molar-refractivity contribution in [1.29, 1.82) is 0 Å². The van der Waals surface area contributed by atoms with Crippen molar-refractivity contribution in [3.05, 3.63) is 41.3 Å². The fraction of sp³-hybridized carbons (Fsp3) is 0.357. The van der Waals surface area contributed by atoms with Gasteiger partial charge in [-0.25, -0.2) is 4.39 Å². The Kier molecular flexibility index (Phi) is 2.87. The monoisotopic (exact) mass is 232 g/mol. The van der Waals surface area contributed by atoms with Gasteiger partial charge in [-0.15, -0.1) is 0 Å². The topological polar surface area (TPSA) is 38.9 Å². The minimum Gasteiger partial charge on any atom is -0.330 e. The van der Waals surface area contributed by atoms with Crippen LogP contribution in [0.1, 0.15) is 25.1 Å². The molecule has 90 valence electrons. The second-order valence-electron chi connectivity index (χ2n) is 5.07. The molecule has 0 saturated carbocycles. The molecule has 3 heteroatoms. The lowest BCUT2D eigenvalue weighted by Crippen LogP contribution is -2.29. The van der Waals surface area contributed by atoms with Crippen LogP contribution in [0.3, 0.4) is 0 Å². The van der Waals surface area contributed by atoms with Crippen molar-refractivity contribution in [1.82, 2.24) is 4.98 Å². The molecule has 0 aliphatic rings. The van der Waals surface area contributed by atoms with Gasteiger partial charge in [-0.3, -0.25) is 4.98 Å². The fourth-order valence-corrected chi connectivity index (χ4v) is 1.83. The predicted molar refractivity (Wildman–Crippen MR) is 68.5 cm³/mol. The maximum absolute atomic E-state index is 13.2. The number of halogens is 1. The lowest BCUT2D eigenvalue weighted by atomic mass is 9.88. The zero-order valence-electron chi connectivity index (χ0n) is 10.4. The minimum absolute atomic E-state index is 0.189. The van der Waals surface area contributed by atoms with E-state index in [9.17, 15) is 4.39 Å². The van der Waals surface area contributed by atoms with Crippen LogP contribution in [-0.4, -0.2) is 11.5 Å². The van der Waals surface area contributed by atoms with Gasteiger partial charge < -0.3 is 5.73 Å². The van der Waals surface area contributed by atoms with Crippen LogP contribution in [0.4, 0.5) is 4.39 Å². The van der Waals surface area contributed by atoms with Gasteiger partial charge in [-0.05, 0) is 30.7 Å². The van der Waals surface area contributed by atoms with Gasteiger partial charge in [-0.1, -0.05) is 13.8 Å². The number of fused-ring (bicyclic) bond motifs is 1. The molecular formula is C14H17FN2. The van der Waals surface area contributed by atoms with Gasteiger partial charge in [0.05, 0.1) is 5.52 Å². The number of rotatable bonds is 2. The third kappa shape index (κ3) is 2.15. The number of aryl methyl sites for hydroxylation is 1. The summed E-state index contributed by atoms with van der Waals surface area (Å²) in [6.45, 7) is 6.61. The smallest absolute Gasteiger partial charge is 0.125 e. The lowest BCUT2D eigenvalue weighted by Gasteiger charge is -2.22. The van der Waals surface area contributed by atoms with Crippen molar-refractivity contribution in [3.63, 3.8) is 0 Å². The molecule has 1 aromatic heterocycles. The molecule has 0 aliphatic heterocycles. The van der Waals surface area contributed by atoms with Crippen molar-refractivity contribution in [2.24, 2.45) is 5.73 Å².